The van der Waals surface area contributed by atoms with Gasteiger partial charge in [0.1, 0.15) is 5.56 Å². The van der Waals surface area contributed by atoms with Crippen molar-refractivity contribution in [1.29, 1.82) is 0 Å². The standard InChI is InChI=1S/C14H14N4O6/c1-7-11(12(15)24-17-7)14(20)23-8(2)13(19)16-9-3-5-10(6-4-9)18(21)22/h3-6,8H,15H2,1-2H3,(H,16,19). The van der Waals surface area contributed by atoms with Gasteiger partial charge in [-0.25, -0.2) is 4.79 Å². The molecule has 10 nitrogen and oxygen atoms in total. The van der Waals surface area contributed by atoms with E-state index in [2.05, 4.69) is 15.0 Å². The molecule has 1 amide bonds. The number of rotatable bonds is 5. The molecular weight excluding hydrogens is 320 g/mol. The average Bonchev–Trinajstić information content (AvgIpc) is 2.86. The molecule has 0 fully saturated rings. The van der Waals surface area contributed by atoms with Gasteiger partial charge in [-0.15, -0.1) is 0 Å². The number of non-ortho nitro benzene ring substituents is 1. The third-order valence-electron chi connectivity index (χ3n) is 3.09. The van der Waals surface area contributed by atoms with E-state index in [1.54, 1.807) is 0 Å². The third-order valence-corrected chi connectivity index (χ3v) is 3.09. The Morgan fingerprint density at radius 1 is 1.38 bits per heavy atom. The number of nitrogen functional groups attached to an aromatic ring is 1. The summed E-state index contributed by atoms with van der Waals surface area (Å²) in [5.74, 6) is -1.64. The summed E-state index contributed by atoms with van der Waals surface area (Å²) in [5.41, 5.74) is 5.91. The van der Waals surface area contributed by atoms with Crippen LogP contribution in [0.25, 0.3) is 0 Å². The molecule has 24 heavy (non-hydrogen) atoms. The van der Waals surface area contributed by atoms with Crippen molar-refractivity contribution in [2.75, 3.05) is 11.1 Å². The zero-order valence-corrected chi connectivity index (χ0v) is 12.8. The van der Waals surface area contributed by atoms with Crippen molar-refractivity contribution in [3.63, 3.8) is 0 Å². The highest BCUT2D eigenvalue weighted by molar-refractivity contribution is 5.99. The molecule has 0 aliphatic carbocycles. The van der Waals surface area contributed by atoms with Crippen LogP contribution in [0.1, 0.15) is 23.0 Å². The van der Waals surface area contributed by atoms with E-state index in [-0.39, 0.29) is 22.8 Å². The largest absolute Gasteiger partial charge is 0.449 e. The van der Waals surface area contributed by atoms with E-state index < -0.39 is 22.9 Å². The first-order valence-electron chi connectivity index (χ1n) is 6.77. The zero-order valence-electron chi connectivity index (χ0n) is 12.8. The number of nitro benzene ring substituents is 1. The van der Waals surface area contributed by atoms with Crippen LogP contribution >= 0.6 is 0 Å². The Bertz CT molecular complexity index is 764. The van der Waals surface area contributed by atoms with E-state index in [9.17, 15) is 19.7 Å². The molecule has 0 saturated carbocycles. The Hall–Kier alpha value is -3.43. The number of amides is 1. The fraction of sp³-hybridized carbons (Fsp3) is 0.214. The van der Waals surface area contributed by atoms with Crippen LogP contribution in [0.3, 0.4) is 0 Å². The molecule has 0 aliphatic rings. The first-order valence-corrected chi connectivity index (χ1v) is 6.77. The fourth-order valence-electron chi connectivity index (χ4n) is 1.82. The van der Waals surface area contributed by atoms with Gasteiger partial charge in [0.25, 0.3) is 11.6 Å². The Morgan fingerprint density at radius 3 is 2.50 bits per heavy atom. The van der Waals surface area contributed by atoms with Gasteiger partial charge in [0.2, 0.25) is 5.88 Å². The fourth-order valence-corrected chi connectivity index (χ4v) is 1.82. The maximum Gasteiger partial charge on any atom is 0.346 e. The number of nitrogens with one attached hydrogen (secondary N) is 1. The smallest absolute Gasteiger partial charge is 0.346 e. The molecule has 2 rings (SSSR count). The van der Waals surface area contributed by atoms with Crippen LogP contribution < -0.4 is 11.1 Å². The van der Waals surface area contributed by atoms with Crippen molar-refractivity contribution in [3.8, 4) is 0 Å². The van der Waals surface area contributed by atoms with E-state index in [0.29, 0.717) is 5.69 Å². The number of carbonyl (C=O) groups is 2. The van der Waals surface area contributed by atoms with Crippen molar-refractivity contribution in [1.82, 2.24) is 5.16 Å². The number of benzene rings is 1. The molecule has 0 saturated heterocycles. The second kappa shape index (κ2) is 6.77. The number of anilines is 2. The molecule has 10 heteroatoms. The minimum atomic E-state index is -1.12. The topological polar surface area (TPSA) is 151 Å². The number of nitrogens with two attached hydrogens (primary N) is 1. The van der Waals surface area contributed by atoms with Crippen molar-refractivity contribution in [2.24, 2.45) is 0 Å². The molecule has 0 aliphatic heterocycles. The van der Waals surface area contributed by atoms with Crippen LogP contribution in [0, 0.1) is 17.0 Å². The summed E-state index contributed by atoms with van der Waals surface area (Å²) >= 11 is 0. The normalized spacial score (nSPS) is 11.6. The number of esters is 1. The van der Waals surface area contributed by atoms with E-state index in [1.165, 1.54) is 38.1 Å². The Morgan fingerprint density at radius 2 is 2.00 bits per heavy atom. The molecule has 0 radical (unpaired) electrons. The molecular formula is C14H14N4O6. The highest BCUT2D eigenvalue weighted by Gasteiger charge is 2.25. The van der Waals surface area contributed by atoms with Gasteiger partial charge in [0.05, 0.1) is 10.6 Å². The first kappa shape index (κ1) is 16.9. The van der Waals surface area contributed by atoms with Crippen molar-refractivity contribution in [3.05, 3.63) is 45.6 Å². The van der Waals surface area contributed by atoms with Gasteiger partial charge in [-0.05, 0) is 26.0 Å². The quantitative estimate of drug-likeness (QED) is 0.476. The number of hydrogen-bond acceptors (Lipinski definition) is 8. The number of nitrogens with zero attached hydrogens (tertiary/aromatic N) is 2. The van der Waals surface area contributed by atoms with Gasteiger partial charge in [-0.2, -0.15) is 0 Å². The lowest BCUT2D eigenvalue weighted by Gasteiger charge is -2.13. The Kier molecular flexibility index (Phi) is 4.78. The van der Waals surface area contributed by atoms with Gasteiger partial charge in [-0.3, -0.25) is 14.9 Å². The minimum Gasteiger partial charge on any atom is -0.449 e. The first-order chi connectivity index (χ1) is 11.3. The predicted octanol–water partition coefficient (Wildman–Crippen LogP) is 1.66. The summed E-state index contributed by atoms with van der Waals surface area (Å²) in [6.07, 6.45) is -1.12. The highest BCUT2D eigenvalue weighted by atomic mass is 16.6. The Balaban J connectivity index is 1.99. The van der Waals surface area contributed by atoms with Crippen LogP contribution in [-0.4, -0.2) is 28.1 Å². The molecule has 1 heterocycles. The average molecular weight is 334 g/mol. The predicted molar refractivity (Wildman–Crippen MR) is 82.3 cm³/mol. The molecule has 1 unspecified atom stereocenters. The van der Waals surface area contributed by atoms with Gasteiger partial charge in [0, 0.05) is 17.8 Å². The van der Waals surface area contributed by atoms with Gasteiger partial charge >= 0.3 is 5.97 Å². The van der Waals surface area contributed by atoms with Crippen LogP contribution in [0.4, 0.5) is 17.3 Å². The molecule has 3 N–H and O–H groups in total. The number of ether oxygens (including phenoxy) is 1. The number of aryl methyl sites for hydroxylation is 1. The maximum atomic E-state index is 12.0. The molecule has 1 atom stereocenters. The lowest BCUT2D eigenvalue weighted by Crippen LogP contribution is -2.30. The molecule has 1 aromatic carbocycles. The van der Waals surface area contributed by atoms with Crippen LogP contribution in [0.15, 0.2) is 28.8 Å². The summed E-state index contributed by atoms with van der Waals surface area (Å²) in [5, 5.41) is 16.6. The molecule has 0 bridgehead atoms. The highest BCUT2D eigenvalue weighted by Crippen LogP contribution is 2.18. The van der Waals surface area contributed by atoms with Crippen molar-refractivity contribution >= 4 is 29.1 Å². The second-order valence-corrected chi connectivity index (χ2v) is 4.85. The monoisotopic (exact) mass is 334 g/mol. The number of aromatic nitrogens is 1. The SMILES string of the molecule is Cc1noc(N)c1C(=O)OC(C)C(=O)Nc1ccc([N+](=O)[O-])cc1. The lowest BCUT2D eigenvalue weighted by molar-refractivity contribution is -0.384. The van der Waals surface area contributed by atoms with Crippen LogP contribution in [-0.2, 0) is 9.53 Å². The van der Waals surface area contributed by atoms with Crippen molar-refractivity contribution in [2.45, 2.75) is 20.0 Å². The Labute approximate surface area is 135 Å². The number of carbonyl (C=O) groups excluding carboxylic acids is 2. The van der Waals surface area contributed by atoms with Gasteiger partial charge < -0.3 is 20.3 Å². The zero-order chi connectivity index (χ0) is 17.9. The van der Waals surface area contributed by atoms with Crippen LogP contribution in [0.2, 0.25) is 0 Å². The summed E-state index contributed by atoms with van der Waals surface area (Å²) < 4.78 is 9.67. The number of nitro groups is 1. The van der Waals surface area contributed by atoms with Gasteiger partial charge in [0.15, 0.2) is 6.10 Å². The lowest BCUT2D eigenvalue weighted by atomic mass is 10.2. The molecule has 1 aromatic heterocycles. The molecule has 126 valence electrons. The minimum absolute atomic E-state index is 0.0371. The number of hydrogen-bond donors (Lipinski definition) is 2. The molecule has 0 spiro atoms. The van der Waals surface area contributed by atoms with Gasteiger partial charge in [-0.1, -0.05) is 5.16 Å². The summed E-state index contributed by atoms with van der Waals surface area (Å²) in [6, 6.07) is 5.22. The van der Waals surface area contributed by atoms with Crippen LogP contribution in [0.5, 0.6) is 0 Å². The summed E-state index contributed by atoms with van der Waals surface area (Å²) in [6.45, 7) is 2.88. The third kappa shape index (κ3) is 3.66. The van der Waals surface area contributed by atoms with E-state index in [0.717, 1.165) is 0 Å². The van der Waals surface area contributed by atoms with Crippen molar-refractivity contribution < 1.29 is 23.8 Å². The summed E-state index contributed by atoms with van der Waals surface area (Å²) in [7, 11) is 0. The molecule has 2 aromatic rings. The second-order valence-electron chi connectivity index (χ2n) is 4.85. The maximum absolute atomic E-state index is 12.0. The van der Waals surface area contributed by atoms with E-state index in [1.807, 2.05) is 0 Å². The summed E-state index contributed by atoms with van der Waals surface area (Å²) in [4.78, 5) is 34.0. The van der Waals surface area contributed by atoms with E-state index in [4.69, 9.17) is 10.5 Å². The van der Waals surface area contributed by atoms with E-state index >= 15 is 0 Å².